The van der Waals surface area contributed by atoms with E-state index in [4.69, 9.17) is 19.3 Å². The van der Waals surface area contributed by atoms with Gasteiger partial charge in [-0.15, -0.1) is 0 Å². The van der Waals surface area contributed by atoms with Gasteiger partial charge in [-0.2, -0.15) is 0 Å². The Hall–Kier alpha value is -2.44. The summed E-state index contributed by atoms with van der Waals surface area (Å²) in [5, 5.41) is 11.0. The Morgan fingerprint density at radius 2 is 1.75 bits per heavy atom. The fourth-order valence-corrected chi connectivity index (χ4v) is 1.66. The van der Waals surface area contributed by atoms with Crippen LogP contribution in [-0.2, 0) is 4.79 Å². The maximum absolute atomic E-state index is 12.0. The van der Waals surface area contributed by atoms with Gasteiger partial charge in [0, 0.05) is 6.54 Å². The zero-order valence-corrected chi connectivity index (χ0v) is 11.6. The second-order valence-corrected chi connectivity index (χ2v) is 3.78. The number of ether oxygens (including phenoxy) is 3. The smallest absolute Gasteiger partial charge is 0.305 e. The number of rotatable bonds is 7. The first-order chi connectivity index (χ1) is 9.54. The van der Waals surface area contributed by atoms with Crippen LogP contribution in [0.1, 0.15) is 16.8 Å². The van der Waals surface area contributed by atoms with Crippen molar-refractivity contribution in [2.75, 3.05) is 27.9 Å². The molecule has 0 spiro atoms. The Balaban J connectivity index is 2.99. The molecule has 0 aliphatic heterocycles. The fourth-order valence-electron chi connectivity index (χ4n) is 1.66. The summed E-state index contributed by atoms with van der Waals surface area (Å²) in [5.74, 6) is -0.444. The lowest BCUT2D eigenvalue weighted by molar-refractivity contribution is -0.136. The van der Waals surface area contributed by atoms with Crippen molar-refractivity contribution in [2.24, 2.45) is 0 Å². The number of carboxylic acids is 1. The average molecular weight is 283 g/mol. The van der Waals surface area contributed by atoms with Gasteiger partial charge in [-0.25, -0.2) is 0 Å². The van der Waals surface area contributed by atoms with Crippen molar-refractivity contribution in [3.8, 4) is 17.2 Å². The highest BCUT2D eigenvalue weighted by molar-refractivity contribution is 5.98. The van der Waals surface area contributed by atoms with E-state index >= 15 is 0 Å². The van der Waals surface area contributed by atoms with E-state index in [1.807, 2.05) is 0 Å². The van der Waals surface area contributed by atoms with E-state index in [2.05, 4.69) is 5.32 Å². The van der Waals surface area contributed by atoms with Gasteiger partial charge in [-0.05, 0) is 12.1 Å². The number of benzene rings is 1. The quantitative estimate of drug-likeness (QED) is 0.772. The molecular weight excluding hydrogens is 266 g/mol. The van der Waals surface area contributed by atoms with Crippen molar-refractivity contribution in [3.05, 3.63) is 17.7 Å². The van der Waals surface area contributed by atoms with E-state index in [1.54, 1.807) is 6.07 Å². The largest absolute Gasteiger partial charge is 0.493 e. The molecule has 0 bridgehead atoms. The highest BCUT2D eigenvalue weighted by Gasteiger charge is 2.20. The number of hydrogen-bond acceptors (Lipinski definition) is 5. The molecule has 0 aromatic heterocycles. The Morgan fingerprint density at radius 3 is 2.25 bits per heavy atom. The predicted octanol–water partition coefficient (Wildman–Crippen LogP) is 0.917. The first-order valence-corrected chi connectivity index (χ1v) is 5.84. The number of methoxy groups -OCH3 is 3. The molecular formula is C13H17NO6. The van der Waals surface area contributed by atoms with Crippen LogP contribution in [0.25, 0.3) is 0 Å². The molecule has 0 aliphatic carbocycles. The monoisotopic (exact) mass is 283 g/mol. The lowest BCUT2D eigenvalue weighted by Gasteiger charge is -2.15. The summed E-state index contributed by atoms with van der Waals surface area (Å²) in [5.41, 5.74) is 0.246. The minimum Gasteiger partial charge on any atom is -0.493 e. The van der Waals surface area contributed by atoms with Gasteiger partial charge in [0.25, 0.3) is 5.91 Å². The zero-order chi connectivity index (χ0) is 15.1. The third-order valence-electron chi connectivity index (χ3n) is 2.57. The normalized spacial score (nSPS) is 9.75. The van der Waals surface area contributed by atoms with E-state index in [1.165, 1.54) is 27.4 Å². The van der Waals surface area contributed by atoms with Crippen LogP contribution in [0.3, 0.4) is 0 Å². The van der Waals surface area contributed by atoms with Crippen LogP contribution in [0.2, 0.25) is 0 Å². The predicted molar refractivity (Wildman–Crippen MR) is 70.7 cm³/mol. The molecule has 1 rings (SSSR count). The van der Waals surface area contributed by atoms with Crippen molar-refractivity contribution >= 4 is 11.9 Å². The highest BCUT2D eigenvalue weighted by atomic mass is 16.5. The molecule has 20 heavy (non-hydrogen) atoms. The van der Waals surface area contributed by atoms with E-state index in [0.717, 1.165) is 0 Å². The first-order valence-electron chi connectivity index (χ1n) is 5.84. The molecule has 110 valence electrons. The van der Waals surface area contributed by atoms with Crippen LogP contribution in [0, 0.1) is 0 Å². The molecule has 0 saturated carbocycles. The summed E-state index contributed by atoms with van der Waals surface area (Å²) in [4.78, 5) is 22.4. The molecule has 1 aromatic carbocycles. The van der Waals surface area contributed by atoms with Crippen molar-refractivity contribution in [1.82, 2.24) is 5.32 Å². The summed E-state index contributed by atoms with van der Waals surface area (Å²) in [6.07, 6.45) is -0.151. The SMILES string of the molecule is COc1ccc(C(=O)NCCC(=O)O)c(OC)c1OC. The Bertz CT molecular complexity index is 500. The Labute approximate surface area is 116 Å². The van der Waals surface area contributed by atoms with Gasteiger partial charge >= 0.3 is 5.97 Å². The maximum Gasteiger partial charge on any atom is 0.305 e. The van der Waals surface area contributed by atoms with Gasteiger partial charge in [0.05, 0.1) is 33.3 Å². The summed E-state index contributed by atoms with van der Waals surface area (Å²) in [7, 11) is 4.32. The molecule has 0 fully saturated rings. The van der Waals surface area contributed by atoms with E-state index in [-0.39, 0.29) is 24.3 Å². The molecule has 0 unspecified atom stereocenters. The fraction of sp³-hybridized carbons (Fsp3) is 0.385. The number of hydrogen-bond donors (Lipinski definition) is 2. The summed E-state index contributed by atoms with van der Waals surface area (Å²) >= 11 is 0. The summed E-state index contributed by atoms with van der Waals surface area (Å²) < 4.78 is 15.5. The van der Waals surface area contributed by atoms with Crippen LogP contribution in [-0.4, -0.2) is 44.9 Å². The molecule has 7 heteroatoms. The van der Waals surface area contributed by atoms with Crippen LogP contribution in [0.5, 0.6) is 17.2 Å². The number of carbonyl (C=O) groups excluding carboxylic acids is 1. The number of aliphatic carboxylic acids is 1. The van der Waals surface area contributed by atoms with Gasteiger partial charge in [-0.1, -0.05) is 0 Å². The molecule has 0 aliphatic rings. The van der Waals surface area contributed by atoms with Crippen LogP contribution in [0.4, 0.5) is 0 Å². The molecule has 0 heterocycles. The topological polar surface area (TPSA) is 94.1 Å². The molecule has 1 amide bonds. The number of amides is 1. The second kappa shape index (κ2) is 7.22. The zero-order valence-electron chi connectivity index (χ0n) is 11.6. The van der Waals surface area contributed by atoms with Crippen LogP contribution < -0.4 is 19.5 Å². The van der Waals surface area contributed by atoms with Gasteiger partial charge in [0.2, 0.25) is 5.75 Å². The maximum atomic E-state index is 12.0. The van der Waals surface area contributed by atoms with Crippen LogP contribution in [0.15, 0.2) is 12.1 Å². The minimum atomic E-state index is -0.982. The van der Waals surface area contributed by atoms with Gasteiger partial charge in [0.15, 0.2) is 11.5 Å². The number of carbonyl (C=O) groups is 2. The molecule has 7 nitrogen and oxygen atoms in total. The van der Waals surface area contributed by atoms with E-state index < -0.39 is 11.9 Å². The van der Waals surface area contributed by atoms with Gasteiger partial charge < -0.3 is 24.6 Å². The van der Waals surface area contributed by atoms with Crippen molar-refractivity contribution in [1.29, 1.82) is 0 Å². The van der Waals surface area contributed by atoms with Gasteiger partial charge in [0.1, 0.15) is 0 Å². The molecule has 0 radical (unpaired) electrons. The average Bonchev–Trinajstić information content (AvgIpc) is 2.44. The third-order valence-corrected chi connectivity index (χ3v) is 2.57. The number of carboxylic acid groups (broad SMARTS) is 1. The summed E-state index contributed by atoms with van der Waals surface area (Å²) in [6.45, 7) is 0.0334. The highest BCUT2D eigenvalue weighted by Crippen LogP contribution is 2.39. The third kappa shape index (κ3) is 3.53. The minimum absolute atomic E-state index is 0.0334. The van der Waals surface area contributed by atoms with Crippen molar-refractivity contribution < 1.29 is 28.9 Å². The second-order valence-electron chi connectivity index (χ2n) is 3.78. The standard InChI is InChI=1S/C13H17NO6/c1-18-9-5-4-8(11(19-2)12(9)20-3)13(17)14-7-6-10(15)16/h4-5H,6-7H2,1-3H3,(H,14,17)(H,15,16). The van der Waals surface area contributed by atoms with Crippen molar-refractivity contribution in [2.45, 2.75) is 6.42 Å². The lowest BCUT2D eigenvalue weighted by Crippen LogP contribution is -2.26. The van der Waals surface area contributed by atoms with Crippen molar-refractivity contribution in [3.63, 3.8) is 0 Å². The molecule has 2 N–H and O–H groups in total. The summed E-state index contributed by atoms with van der Waals surface area (Å²) in [6, 6.07) is 3.10. The first kappa shape index (κ1) is 15.6. The van der Waals surface area contributed by atoms with E-state index in [9.17, 15) is 9.59 Å². The van der Waals surface area contributed by atoms with E-state index in [0.29, 0.717) is 11.5 Å². The molecule has 0 saturated heterocycles. The Kier molecular flexibility index (Phi) is 5.64. The lowest BCUT2D eigenvalue weighted by atomic mass is 10.1. The molecule has 1 aromatic rings. The number of nitrogens with one attached hydrogen (secondary N) is 1. The molecule has 0 atom stereocenters. The Morgan fingerprint density at radius 1 is 1.10 bits per heavy atom. The van der Waals surface area contributed by atoms with Crippen LogP contribution >= 0.6 is 0 Å². The van der Waals surface area contributed by atoms with Gasteiger partial charge in [-0.3, -0.25) is 9.59 Å².